The number of benzene rings is 1. The van der Waals surface area contributed by atoms with Gasteiger partial charge in [0.1, 0.15) is 23.8 Å². The van der Waals surface area contributed by atoms with Crippen LogP contribution in [0.25, 0.3) is 0 Å². The molecular weight excluding hydrogens is 171 g/mol. The van der Waals surface area contributed by atoms with Gasteiger partial charge in [-0.1, -0.05) is 6.07 Å². The van der Waals surface area contributed by atoms with Crippen LogP contribution in [0.15, 0.2) is 12.1 Å². The largest absolute Gasteiger partial charge is 0.487 e. The zero-order valence-corrected chi connectivity index (χ0v) is 7.54. The summed E-state index contributed by atoms with van der Waals surface area (Å²) in [6, 6.07) is 3.01. The van der Waals surface area contributed by atoms with Gasteiger partial charge >= 0.3 is 0 Å². The van der Waals surface area contributed by atoms with E-state index >= 15 is 0 Å². The lowest BCUT2D eigenvalue weighted by Crippen LogP contribution is -2.13. The number of aliphatic hydroxyl groups is 1. The van der Waals surface area contributed by atoms with Gasteiger partial charge in [-0.2, -0.15) is 0 Å². The summed E-state index contributed by atoms with van der Waals surface area (Å²) in [4.78, 5) is 0. The molecule has 0 amide bonds. The Morgan fingerprint density at radius 2 is 2.15 bits per heavy atom. The summed E-state index contributed by atoms with van der Waals surface area (Å²) in [6.45, 7) is 3.56. The van der Waals surface area contributed by atoms with E-state index in [0.717, 1.165) is 5.56 Å². The van der Waals surface area contributed by atoms with E-state index in [4.69, 9.17) is 4.74 Å². The van der Waals surface area contributed by atoms with E-state index in [1.54, 1.807) is 13.0 Å². The maximum absolute atomic E-state index is 13.3. The molecule has 0 saturated carbocycles. The molecule has 0 radical (unpaired) electrons. The minimum Gasteiger partial charge on any atom is -0.487 e. The number of hydrogen-bond donors (Lipinski definition) is 1. The first-order chi connectivity index (χ1) is 6.11. The summed E-state index contributed by atoms with van der Waals surface area (Å²) in [5, 5.41) is 9.59. The van der Waals surface area contributed by atoms with Gasteiger partial charge in [-0.05, 0) is 25.5 Å². The smallest absolute Gasteiger partial charge is 0.132 e. The number of aliphatic hydroxyl groups excluding tert-OH is 1. The Balaban J connectivity index is 2.61. The predicted molar refractivity (Wildman–Crippen MR) is 46.2 cm³/mol. The average molecular weight is 182 g/mol. The van der Waals surface area contributed by atoms with Crippen LogP contribution < -0.4 is 4.74 Å². The van der Waals surface area contributed by atoms with Crippen LogP contribution in [-0.2, 0) is 0 Å². The molecule has 70 valence electrons. The number of hydrogen-bond acceptors (Lipinski definition) is 2. The van der Waals surface area contributed by atoms with Crippen molar-refractivity contribution >= 4 is 0 Å². The van der Waals surface area contributed by atoms with Crippen LogP contribution in [0.4, 0.5) is 4.39 Å². The minimum atomic E-state index is -0.838. The molecule has 0 aliphatic carbocycles. The van der Waals surface area contributed by atoms with Crippen molar-refractivity contribution in [2.45, 2.75) is 26.1 Å². The van der Waals surface area contributed by atoms with Gasteiger partial charge in [0.25, 0.3) is 0 Å². The second-order valence-electron chi connectivity index (χ2n) is 3.37. The van der Waals surface area contributed by atoms with Crippen LogP contribution in [0, 0.1) is 12.7 Å². The van der Waals surface area contributed by atoms with E-state index in [0.29, 0.717) is 11.3 Å². The normalized spacial score (nSPS) is 25.5. The number of halogens is 1. The Hall–Kier alpha value is -1.09. The summed E-state index contributed by atoms with van der Waals surface area (Å²) in [5.41, 5.74) is 1.16. The Bertz CT molecular complexity index is 349. The van der Waals surface area contributed by atoms with Crippen molar-refractivity contribution in [2.24, 2.45) is 0 Å². The van der Waals surface area contributed by atoms with Crippen molar-refractivity contribution in [1.29, 1.82) is 0 Å². The highest BCUT2D eigenvalue weighted by Crippen LogP contribution is 2.40. The predicted octanol–water partition coefficient (Wildman–Crippen LogP) is 1.95. The van der Waals surface area contributed by atoms with Gasteiger partial charge in [0, 0.05) is 0 Å². The first-order valence-electron chi connectivity index (χ1n) is 4.25. The molecule has 1 heterocycles. The fraction of sp³-hybridized carbons (Fsp3) is 0.400. The van der Waals surface area contributed by atoms with E-state index in [1.807, 2.05) is 6.92 Å². The Morgan fingerprint density at radius 1 is 1.46 bits per heavy atom. The third kappa shape index (κ3) is 1.11. The second-order valence-corrected chi connectivity index (χ2v) is 3.37. The average Bonchev–Trinajstić information content (AvgIpc) is 2.38. The molecule has 2 atom stereocenters. The number of rotatable bonds is 0. The molecule has 0 bridgehead atoms. The fourth-order valence-corrected chi connectivity index (χ4v) is 1.60. The van der Waals surface area contributed by atoms with Gasteiger partial charge in [-0.25, -0.2) is 4.39 Å². The van der Waals surface area contributed by atoms with Gasteiger partial charge in [0.05, 0.1) is 5.56 Å². The quantitative estimate of drug-likeness (QED) is 0.664. The summed E-state index contributed by atoms with van der Waals surface area (Å²) in [7, 11) is 0. The Kier molecular flexibility index (Phi) is 1.77. The summed E-state index contributed by atoms with van der Waals surface area (Å²) < 4.78 is 18.6. The van der Waals surface area contributed by atoms with Gasteiger partial charge < -0.3 is 9.84 Å². The monoisotopic (exact) mass is 182 g/mol. The van der Waals surface area contributed by atoms with E-state index in [-0.39, 0.29) is 6.10 Å². The van der Waals surface area contributed by atoms with Crippen LogP contribution in [0.5, 0.6) is 5.75 Å². The summed E-state index contributed by atoms with van der Waals surface area (Å²) >= 11 is 0. The second kappa shape index (κ2) is 2.70. The Labute approximate surface area is 76.0 Å². The topological polar surface area (TPSA) is 29.5 Å². The van der Waals surface area contributed by atoms with Crippen LogP contribution in [0.2, 0.25) is 0 Å². The molecule has 1 aliphatic heterocycles. The molecule has 13 heavy (non-hydrogen) atoms. The molecule has 1 aromatic carbocycles. The SMILES string of the molecule is Cc1ccc(F)c2c1OC(C)C2O. The molecule has 3 heteroatoms. The van der Waals surface area contributed by atoms with Crippen LogP contribution >= 0.6 is 0 Å². The third-order valence-electron chi connectivity index (χ3n) is 2.38. The lowest BCUT2D eigenvalue weighted by Gasteiger charge is -2.06. The molecule has 2 rings (SSSR count). The minimum absolute atomic E-state index is 0.299. The van der Waals surface area contributed by atoms with Gasteiger partial charge in [-0.3, -0.25) is 0 Å². The van der Waals surface area contributed by atoms with Crippen molar-refractivity contribution in [3.05, 3.63) is 29.1 Å². The van der Waals surface area contributed by atoms with Crippen molar-refractivity contribution in [1.82, 2.24) is 0 Å². The summed E-state index contributed by atoms with van der Waals surface area (Å²) in [6.07, 6.45) is -1.19. The molecule has 1 N–H and O–H groups in total. The molecule has 0 aromatic heterocycles. The number of fused-ring (bicyclic) bond motifs is 1. The van der Waals surface area contributed by atoms with Gasteiger partial charge in [0.2, 0.25) is 0 Å². The fourth-order valence-electron chi connectivity index (χ4n) is 1.60. The van der Waals surface area contributed by atoms with E-state index in [9.17, 15) is 9.50 Å². The zero-order valence-electron chi connectivity index (χ0n) is 7.54. The molecule has 2 nitrogen and oxygen atoms in total. The van der Waals surface area contributed by atoms with Crippen molar-refractivity contribution in [3.8, 4) is 5.75 Å². The summed E-state index contributed by atoms with van der Waals surface area (Å²) in [5.74, 6) is 0.109. The molecular formula is C10H11FO2. The standard InChI is InChI=1S/C10H11FO2/c1-5-3-4-7(11)8-9(12)6(2)13-10(5)8/h3-4,6,9,12H,1-2H3. The Morgan fingerprint density at radius 3 is 2.77 bits per heavy atom. The molecule has 0 saturated heterocycles. The zero-order chi connectivity index (χ0) is 9.59. The maximum atomic E-state index is 13.3. The van der Waals surface area contributed by atoms with E-state index in [1.165, 1.54) is 6.07 Å². The number of aryl methyl sites for hydroxylation is 1. The van der Waals surface area contributed by atoms with Crippen LogP contribution in [0.3, 0.4) is 0 Å². The lowest BCUT2D eigenvalue weighted by molar-refractivity contribution is 0.0779. The van der Waals surface area contributed by atoms with Crippen LogP contribution in [-0.4, -0.2) is 11.2 Å². The molecule has 2 unspecified atom stereocenters. The first-order valence-corrected chi connectivity index (χ1v) is 4.25. The van der Waals surface area contributed by atoms with Crippen molar-refractivity contribution in [2.75, 3.05) is 0 Å². The van der Waals surface area contributed by atoms with Gasteiger partial charge in [0.15, 0.2) is 0 Å². The van der Waals surface area contributed by atoms with E-state index in [2.05, 4.69) is 0 Å². The van der Waals surface area contributed by atoms with Crippen molar-refractivity contribution in [3.63, 3.8) is 0 Å². The maximum Gasteiger partial charge on any atom is 0.132 e. The van der Waals surface area contributed by atoms with Crippen LogP contribution in [0.1, 0.15) is 24.2 Å². The molecule has 1 aliphatic rings. The van der Waals surface area contributed by atoms with Gasteiger partial charge in [-0.15, -0.1) is 0 Å². The highest BCUT2D eigenvalue weighted by molar-refractivity contribution is 5.46. The molecule has 1 aromatic rings. The molecule has 0 spiro atoms. The highest BCUT2D eigenvalue weighted by Gasteiger charge is 2.33. The van der Waals surface area contributed by atoms with E-state index < -0.39 is 11.9 Å². The molecule has 0 fully saturated rings. The lowest BCUT2D eigenvalue weighted by atomic mass is 10.0. The first kappa shape index (κ1) is 8.51. The van der Waals surface area contributed by atoms with Crippen molar-refractivity contribution < 1.29 is 14.2 Å². The third-order valence-corrected chi connectivity index (χ3v) is 2.38. The highest BCUT2D eigenvalue weighted by atomic mass is 19.1. The number of ether oxygens (including phenoxy) is 1.